The minimum Gasteiger partial charge on any atom is -0.377 e. The van der Waals surface area contributed by atoms with Crippen molar-refractivity contribution in [1.82, 2.24) is 15.2 Å². The number of piperidine rings is 1. The first-order valence-electron chi connectivity index (χ1n) is 11.7. The van der Waals surface area contributed by atoms with E-state index in [4.69, 9.17) is 15.1 Å². The quantitative estimate of drug-likeness (QED) is 0.494. The number of benzene rings is 1. The Morgan fingerprint density at radius 2 is 1.97 bits per heavy atom. The maximum absolute atomic E-state index is 8.21. The zero-order valence-corrected chi connectivity index (χ0v) is 19.0. The number of aromatic nitrogens is 3. The van der Waals surface area contributed by atoms with Crippen molar-refractivity contribution in [3.63, 3.8) is 0 Å². The van der Waals surface area contributed by atoms with Crippen molar-refractivity contribution in [3.05, 3.63) is 59.8 Å². The van der Waals surface area contributed by atoms with Crippen LogP contribution >= 0.6 is 0 Å². The van der Waals surface area contributed by atoms with Crippen LogP contribution in [-0.2, 0) is 4.74 Å². The summed E-state index contributed by atoms with van der Waals surface area (Å²) in [5.41, 5.74) is 3.27. The van der Waals surface area contributed by atoms with Crippen molar-refractivity contribution < 1.29 is 4.74 Å². The smallest absolute Gasteiger partial charge is 0.153 e. The second kappa shape index (κ2) is 9.62. The Hall–Kier alpha value is -3.39. The van der Waals surface area contributed by atoms with Gasteiger partial charge in [-0.2, -0.15) is 5.10 Å². The molecular formula is C25H31N7O. The van der Waals surface area contributed by atoms with Gasteiger partial charge in [-0.15, -0.1) is 0 Å². The summed E-state index contributed by atoms with van der Waals surface area (Å²) in [4.78, 5) is 9.65. The molecule has 5 rings (SSSR count). The highest BCUT2D eigenvalue weighted by molar-refractivity contribution is 5.94. The molecule has 8 heteroatoms. The second-order valence-electron chi connectivity index (χ2n) is 8.78. The molecule has 0 spiro atoms. The van der Waals surface area contributed by atoms with Gasteiger partial charge < -0.3 is 25.3 Å². The predicted molar refractivity (Wildman–Crippen MR) is 132 cm³/mol. The Morgan fingerprint density at radius 1 is 1.15 bits per heavy atom. The molecule has 2 aliphatic rings. The summed E-state index contributed by atoms with van der Waals surface area (Å²) < 4.78 is 5.65. The minimum atomic E-state index is 0.243. The fourth-order valence-electron chi connectivity index (χ4n) is 4.87. The van der Waals surface area contributed by atoms with Crippen LogP contribution in [0.5, 0.6) is 0 Å². The lowest BCUT2D eigenvalue weighted by molar-refractivity contribution is 0.0985. The van der Waals surface area contributed by atoms with Crippen LogP contribution in [0.2, 0.25) is 0 Å². The van der Waals surface area contributed by atoms with E-state index in [1.54, 1.807) is 6.20 Å². The monoisotopic (exact) mass is 445 g/mol. The predicted octanol–water partition coefficient (Wildman–Crippen LogP) is 4.16. The number of anilines is 4. The van der Waals surface area contributed by atoms with Gasteiger partial charge in [-0.05, 0) is 31.2 Å². The topological polar surface area (TPSA) is 93.2 Å². The molecule has 33 heavy (non-hydrogen) atoms. The average Bonchev–Trinajstić information content (AvgIpc) is 3.38. The van der Waals surface area contributed by atoms with Gasteiger partial charge in [0, 0.05) is 44.2 Å². The molecular weight excluding hydrogens is 414 g/mol. The Balaban J connectivity index is 1.47. The summed E-state index contributed by atoms with van der Waals surface area (Å²) in [6.07, 6.45) is 5.37. The molecule has 0 bridgehead atoms. The number of ether oxygens (including phenoxy) is 1. The molecule has 3 N–H and O–H groups in total. The summed E-state index contributed by atoms with van der Waals surface area (Å²) in [7, 11) is 0. The van der Waals surface area contributed by atoms with E-state index >= 15 is 0 Å². The fourth-order valence-corrected chi connectivity index (χ4v) is 4.87. The van der Waals surface area contributed by atoms with Crippen molar-refractivity contribution >= 4 is 29.4 Å². The Labute approximate surface area is 194 Å². The number of rotatable bonds is 6. The van der Waals surface area contributed by atoms with E-state index in [1.165, 1.54) is 11.8 Å². The van der Waals surface area contributed by atoms with Crippen molar-refractivity contribution in [2.75, 3.05) is 48.0 Å². The molecule has 0 unspecified atom stereocenters. The Morgan fingerprint density at radius 3 is 2.67 bits per heavy atom. The van der Waals surface area contributed by atoms with E-state index in [9.17, 15) is 0 Å². The van der Waals surface area contributed by atoms with Crippen LogP contribution in [0.3, 0.4) is 0 Å². The van der Waals surface area contributed by atoms with Crippen molar-refractivity contribution in [3.8, 4) is 0 Å². The Bertz CT molecular complexity index is 1060. The highest BCUT2D eigenvalue weighted by atomic mass is 16.5. The number of aromatic amines is 1. The second-order valence-corrected chi connectivity index (χ2v) is 8.78. The molecule has 0 aliphatic carbocycles. The largest absolute Gasteiger partial charge is 0.377 e. The SMILES string of the molecule is C[C@@H]1COCCN1c1cc(N2CCC(c3ccccc3)CC2)c(C=N)c(Nc2cc[nH]n2)n1. The minimum absolute atomic E-state index is 0.243. The number of H-pyrrole nitrogens is 1. The molecule has 2 aliphatic heterocycles. The van der Waals surface area contributed by atoms with Crippen LogP contribution in [0.25, 0.3) is 0 Å². The van der Waals surface area contributed by atoms with Crippen LogP contribution in [0.4, 0.5) is 23.1 Å². The highest BCUT2D eigenvalue weighted by Crippen LogP contribution is 2.36. The van der Waals surface area contributed by atoms with Crippen LogP contribution in [0, 0.1) is 5.41 Å². The van der Waals surface area contributed by atoms with Gasteiger partial charge in [0.15, 0.2) is 5.82 Å². The van der Waals surface area contributed by atoms with Crippen molar-refractivity contribution in [2.45, 2.75) is 31.7 Å². The highest BCUT2D eigenvalue weighted by Gasteiger charge is 2.27. The van der Waals surface area contributed by atoms with E-state index in [0.717, 1.165) is 49.5 Å². The lowest BCUT2D eigenvalue weighted by atomic mass is 9.89. The zero-order chi connectivity index (χ0) is 22.6. The third-order valence-electron chi connectivity index (χ3n) is 6.68. The van der Waals surface area contributed by atoms with Gasteiger partial charge >= 0.3 is 0 Å². The van der Waals surface area contributed by atoms with Crippen molar-refractivity contribution in [1.29, 1.82) is 5.41 Å². The molecule has 0 radical (unpaired) electrons. The summed E-state index contributed by atoms with van der Waals surface area (Å²) >= 11 is 0. The molecule has 2 saturated heterocycles. The first-order valence-corrected chi connectivity index (χ1v) is 11.7. The third-order valence-corrected chi connectivity index (χ3v) is 6.68. The van der Waals surface area contributed by atoms with Crippen molar-refractivity contribution in [2.24, 2.45) is 0 Å². The molecule has 1 aromatic carbocycles. The number of hydrogen-bond acceptors (Lipinski definition) is 7. The van der Waals surface area contributed by atoms with Gasteiger partial charge in [0.1, 0.15) is 11.6 Å². The molecule has 0 saturated carbocycles. The van der Waals surface area contributed by atoms with Gasteiger partial charge in [0.05, 0.1) is 30.5 Å². The lowest BCUT2D eigenvalue weighted by Crippen LogP contribution is -2.44. The fraction of sp³-hybridized carbons (Fsp3) is 0.400. The maximum Gasteiger partial charge on any atom is 0.153 e. The van der Waals surface area contributed by atoms with Gasteiger partial charge in [-0.3, -0.25) is 5.10 Å². The first-order chi connectivity index (χ1) is 16.2. The maximum atomic E-state index is 8.21. The number of nitrogens with one attached hydrogen (secondary N) is 3. The summed E-state index contributed by atoms with van der Waals surface area (Å²) in [6, 6.07) is 15.1. The van der Waals surface area contributed by atoms with Crippen LogP contribution in [0.15, 0.2) is 48.7 Å². The molecule has 8 nitrogen and oxygen atoms in total. The number of morpholine rings is 1. The van der Waals surface area contributed by atoms with Crippen LogP contribution in [-0.4, -0.2) is 60.3 Å². The number of nitrogens with zero attached hydrogens (tertiary/aromatic N) is 4. The normalized spacial score (nSPS) is 19.5. The summed E-state index contributed by atoms with van der Waals surface area (Å²) in [5, 5.41) is 18.6. The van der Waals surface area contributed by atoms with Gasteiger partial charge in [-0.25, -0.2) is 4.98 Å². The van der Waals surface area contributed by atoms with Gasteiger partial charge in [0.2, 0.25) is 0 Å². The molecule has 2 aromatic heterocycles. The molecule has 3 aromatic rings. The lowest BCUT2D eigenvalue weighted by Gasteiger charge is -2.37. The van der Waals surface area contributed by atoms with E-state index in [-0.39, 0.29) is 6.04 Å². The molecule has 172 valence electrons. The molecule has 4 heterocycles. The average molecular weight is 446 g/mol. The standard InChI is InChI=1S/C25H31N7O/c1-18-17-33-14-13-32(18)24-15-22(21(16-26)25(29-24)28-23-7-10-27-30-23)31-11-8-20(9-12-31)19-5-3-2-4-6-19/h2-7,10,15-16,18,20,26H,8-9,11-14,17H2,1H3,(H2,27,28,29,30)/t18-/m1/s1. The van der Waals surface area contributed by atoms with E-state index in [0.29, 0.717) is 30.8 Å². The summed E-state index contributed by atoms with van der Waals surface area (Å²) in [5.74, 6) is 2.84. The molecule has 1 atom stereocenters. The zero-order valence-electron chi connectivity index (χ0n) is 19.0. The third kappa shape index (κ3) is 4.57. The van der Waals surface area contributed by atoms with E-state index < -0.39 is 0 Å². The number of pyridine rings is 1. The van der Waals surface area contributed by atoms with Crippen LogP contribution < -0.4 is 15.1 Å². The van der Waals surface area contributed by atoms with Gasteiger partial charge in [-0.1, -0.05) is 30.3 Å². The van der Waals surface area contributed by atoms with Crippen LogP contribution in [0.1, 0.15) is 36.8 Å². The number of hydrogen-bond donors (Lipinski definition) is 3. The van der Waals surface area contributed by atoms with E-state index in [2.05, 4.69) is 68.6 Å². The molecule has 2 fully saturated rings. The Kier molecular flexibility index (Phi) is 6.26. The summed E-state index contributed by atoms with van der Waals surface area (Å²) in [6.45, 7) is 6.24. The first kappa shape index (κ1) is 21.5. The molecule has 0 amide bonds. The van der Waals surface area contributed by atoms with Gasteiger partial charge in [0.25, 0.3) is 0 Å². The van der Waals surface area contributed by atoms with E-state index in [1.807, 2.05) is 6.07 Å².